The number of nitrogens with zero attached hydrogens (tertiary/aromatic N) is 1. The predicted molar refractivity (Wildman–Crippen MR) is 96.0 cm³/mol. The van der Waals surface area contributed by atoms with E-state index in [4.69, 9.17) is 4.74 Å². The van der Waals surface area contributed by atoms with E-state index in [0.29, 0.717) is 13.0 Å². The highest BCUT2D eigenvalue weighted by Crippen LogP contribution is 2.26. The van der Waals surface area contributed by atoms with Gasteiger partial charge in [-0.2, -0.15) is 0 Å². The number of benzene rings is 1. The number of ether oxygens (including phenoxy) is 1. The van der Waals surface area contributed by atoms with E-state index in [1.165, 1.54) is 51.2 Å². The lowest BCUT2D eigenvalue weighted by atomic mass is 10.0. The number of amides is 1. The zero-order chi connectivity index (χ0) is 17.4. The molecule has 0 aliphatic carbocycles. The van der Waals surface area contributed by atoms with Crippen LogP contribution in [0.2, 0.25) is 0 Å². The lowest BCUT2D eigenvalue weighted by molar-refractivity contribution is -0.148. The molecule has 0 aromatic heterocycles. The Morgan fingerprint density at radius 1 is 1.12 bits per heavy atom. The third kappa shape index (κ3) is 4.83. The topological polar surface area (TPSA) is 46.6 Å². The first-order valence-electron chi connectivity index (χ1n) is 9.15. The molecule has 1 aromatic carbocycles. The molecule has 4 heteroatoms. The van der Waals surface area contributed by atoms with Gasteiger partial charge < -0.3 is 9.64 Å². The molecule has 2 rings (SSSR count). The predicted octanol–water partition coefficient (Wildman–Crippen LogP) is 4.12. The van der Waals surface area contributed by atoms with Gasteiger partial charge in [-0.25, -0.2) is 0 Å². The Hall–Kier alpha value is -1.84. The summed E-state index contributed by atoms with van der Waals surface area (Å²) in [6, 6.07) is 8.17. The number of rotatable bonds is 9. The first-order chi connectivity index (χ1) is 11.7. The maximum absolute atomic E-state index is 12.3. The summed E-state index contributed by atoms with van der Waals surface area (Å²) in [4.78, 5) is 25.6. The van der Waals surface area contributed by atoms with Crippen molar-refractivity contribution in [1.29, 1.82) is 0 Å². The second-order valence-corrected chi connectivity index (χ2v) is 6.54. The molecule has 1 aliphatic rings. The summed E-state index contributed by atoms with van der Waals surface area (Å²) in [6.45, 7) is 2.81. The molecule has 24 heavy (non-hydrogen) atoms. The van der Waals surface area contributed by atoms with Gasteiger partial charge in [-0.05, 0) is 37.0 Å². The number of hydrogen-bond donors (Lipinski definition) is 0. The van der Waals surface area contributed by atoms with Crippen LogP contribution < -0.4 is 4.90 Å². The highest BCUT2D eigenvalue weighted by Gasteiger charge is 2.38. The zero-order valence-corrected chi connectivity index (χ0v) is 14.9. The third-order valence-electron chi connectivity index (χ3n) is 4.76. The van der Waals surface area contributed by atoms with E-state index < -0.39 is 11.9 Å². The molecule has 1 unspecified atom stereocenters. The second-order valence-electron chi connectivity index (χ2n) is 6.54. The number of aryl methyl sites for hydroxylation is 1. The molecule has 0 bridgehead atoms. The smallest absolute Gasteiger partial charge is 0.318 e. The Bertz CT molecular complexity index is 538. The van der Waals surface area contributed by atoms with Crippen molar-refractivity contribution in [3.05, 3.63) is 29.8 Å². The van der Waals surface area contributed by atoms with Crippen molar-refractivity contribution in [2.24, 2.45) is 5.92 Å². The van der Waals surface area contributed by atoms with Gasteiger partial charge in [0.05, 0.1) is 7.11 Å². The van der Waals surface area contributed by atoms with Crippen molar-refractivity contribution in [2.75, 3.05) is 18.6 Å². The van der Waals surface area contributed by atoms with Crippen molar-refractivity contribution in [3.8, 4) is 0 Å². The van der Waals surface area contributed by atoms with Crippen LogP contribution in [-0.4, -0.2) is 25.5 Å². The first-order valence-corrected chi connectivity index (χ1v) is 9.15. The fourth-order valence-electron chi connectivity index (χ4n) is 3.25. The lowest BCUT2D eigenvalue weighted by Crippen LogP contribution is -2.30. The Kier molecular flexibility index (Phi) is 7.29. The van der Waals surface area contributed by atoms with Crippen molar-refractivity contribution >= 4 is 17.6 Å². The molecule has 1 atom stereocenters. The minimum Gasteiger partial charge on any atom is -0.468 e. The van der Waals surface area contributed by atoms with Crippen LogP contribution in [0.15, 0.2) is 24.3 Å². The van der Waals surface area contributed by atoms with E-state index in [2.05, 4.69) is 19.1 Å². The largest absolute Gasteiger partial charge is 0.468 e. The van der Waals surface area contributed by atoms with Crippen LogP contribution in [0.25, 0.3) is 0 Å². The molecule has 1 fully saturated rings. The summed E-state index contributed by atoms with van der Waals surface area (Å²) in [6.07, 6.45) is 9.41. The van der Waals surface area contributed by atoms with Crippen molar-refractivity contribution in [1.82, 2.24) is 0 Å². The molecular weight excluding hydrogens is 302 g/mol. The highest BCUT2D eigenvalue weighted by molar-refractivity contribution is 6.08. The van der Waals surface area contributed by atoms with Gasteiger partial charge in [0.2, 0.25) is 5.91 Å². The van der Waals surface area contributed by atoms with Crippen LogP contribution in [0.3, 0.4) is 0 Å². The van der Waals surface area contributed by atoms with Crippen LogP contribution in [-0.2, 0) is 20.7 Å². The maximum atomic E-state index is 12.3. The van der Waals surface area contributed by atoms with E-state index in [0.717, 1.165) is 12.1 Å². The standard InChI is InChI=1S/C20H29NO3/c1-3-4-5-6-7-8-9-16-10-12-17(13-11-16)21-15-14-18(19(21)22)20(23)24-2/h10-13,18H,3-9,14-15H2,1-2H3. The summed E-state index contributed by atoms with van der Waals surface area (Å²) < 4.78 is 4.70. The molecule has 1 aliphatic heterocycles. The quantitative estimate of drug-likeness (QED) is 0.388. The summed E-state index contributed by atoms with van der Waals surface area (Å²) in [5, 5.41) is 0. The fraction of sp³-hybridized carbons (Fsp3) is 0.600. The van der Waals surface area contributed by atoms with Gasteiger partial charge in [0.15, 0.2) is 0 Å². The third-order valence-corrected chi connectivity index (χ3v) is 4.76. The second kappa shape index (κ2) is 9.45. The minimum absolute atomic E-state index is 0.148. The Balaban J connectivity index is 1.82. The van der Waals surface area contributed by atoms with Gasteiger partial charge in [0, 0.05) is 12.2 Å². The number of methoxy groups -OCH3 is 1. The molecule has 0 spiro atoms. The molecule has 0 radical (unpaired) electrons. The van der Waals surface area contributed by atoms with Crippen LogP contribution in [0.4, 0.5) is 5.69 Å². The number of unbranched alkanes of at least 4 members (excludes halogenated alkanes) is 5. The van der Waals surface area contributed by atoms with E-state index >= 15 is 0 Å². The van der Waals surface area contributed by atoms with Crippen LogP contribution in [0.1, 0.15) is 57.4 Å². The Morgan fingerprint density at radius 2 is 1.79 bits per heavy atom. The zero-order valence-electron chi connectivity index (χ0n) is 14.9. The van der Waals surface area contributed by atoms with E-state index in [9.17, 15) is 9.59 Å². The number of hydrogen-bond acceptors (Lipinski definition) is 3. The van der Waals surface area contributed by atoms with Crippen LogP contribution in [0, 0.1) is 5.92 Å². The highest BCUT2D eigenvalue weighted by atomic mass is 16.5. The molecular formula is C20H29NO3. The van der Waals surface area contributed by atoms with Gasteiger partial charge in [0.25, 0.3) is 0 Å². The average Bonchev–Trinajstić information content (AvgIpc) is 2.99. The lowest BCUT2D eigenvalue weighted by Gasteiger charge is -2.17. The molecule has 0 saturated carbocycles. The Morgan fingerprint density at radius 3 is 2.46 bits per heavy atom. The Labute approximate surface area is 145 Å². The van der Waals surface area contributed by atoms with Crippen LogP contribution in [0.5, 0.6) is 0 Å². The summed E-state index contributed by atoms with van der Waals surface area (Å²) in [7, 11) is 1.33. The SMILES string of the molecule is CCCCCCCCc1ccc(N2CCC(C(=O)OC)C2=O)cc1. The summed E-state index contributed by atoms with van der Waals surface area (Å²) >= 11 is 0. The van der Waals surface area contributed by atoms with Crippen molar-refractivity contribution in [3.63, 3.8) is 0 Å². The molecule has 1 saturated heterocycles. The molecule has 1 heterocycles. The van der Waals surface area contributed by atoms with Crippen molar-refractivity contribution in [2.45, 2.75) is 58.3 Å². The van der Waals surface area contributed by atoms with Crippen molar-refractivity contribution < 1.29 is 14.3 Å². The van der Waals surface area contributed by atoms with E-state index in [-0.39, 0.29) is 5.91 Å². The van der Waals surface area contributed by atoms with Gasteiger partial charge in [-0.15, -0.1) is 0 Å². The molecule has 1 amide bonds. The number of carbonyl (C=O) groups excluding carboxylic acids is 2. The van der Waals surface area contributed by atoms with Gasteiger partial charge in [0.1, 0.15) is 5.92 Å². The molecule has 132 valence electrons. The van der Waals surface area contributed by atoms with Gasteiger partial charge in [-0.3, -0.25) is 9.59 Å². The van der Waals surface area contributed by atoms with E-state index in [1.807, 2.05) is 12.1 Å². The number of esters is 1. The molecule has 4 nitrogen and oxygen atoms in total. The maximum Gasteiger partial charge on any atom is 0.318 e. The fourth-order valence-corrected chi connectivity index (χ4v) is 3.25. The van der Waals surface area contributed by atoms with Gasteiger partial charge >= 0.3 is 5.97 Å². The summed E-state index contributed by atoms with van der Waals surface area (Å²) in [5.41, 5.74) is 2.18. The number of anilines is 1. The van der Waals surface area contributed by atoms with E-state index in [1.54, 1.807) is 4.90 Å². The monoisotopic (exact) mass is 331 g/mol. The minimum atomic E-state index is -0.641. The van der Waals surface area contributed by atoms with Crippen LogP contribution >= 0.6 is 0 Å². The first kappa shape index (κ1) is 18.5. The number of carbonyl (C=O) groups is 2. The average molecular weight is 331 g/mol. The molecule has 0 N–H and O–H groups in total. The summed E-state index contributed by atoms with van der Waals surface area (Å²) in [5.74, 6) is -1.22. The van der Waals surface area contributed by atoms with Gasteiger partial charge in [-0.1, -0.05) is 51.2 Å². The molecule has 1 aromatic rings. The normalized spacial score (nSPS) is 17.3.